The minimum Gasteiger partial charge on any atom is -0.329 e. The van der Waals surface area contributed by atoms with Crippen molar-refractivity contribution in [1.29, 1.82) is 0 Å². The van der Waals surface area contributed by atoms with Crippen LogP contribution < -0.4 is 11.1 Å². The predicted octanol–water partition coefficient (Wildman–Crippen LogP) is 2.90. The third kappa shape index (κ3) is 5.09. The molecule has 1 aliphatic heterocycles. The van der Waals surface area contributed by atoms with Crippen LogP contribution in [0.2, 0.25) is 5.02 Å². The van der Waals surface area contributed by atoms with Crippen molar-refractivity contribution in [1.82, 2.24) is 4.90 Å². The average molecular weight is 350 g/mol. The Hall–Kier alpha value is -0.880. The summed E-state index contributed by atoms with van der Waals surface area (Å²) < 4.78 is 13.1. The summed E-state index contributed by atoms with van der Waals surface area (Å²) in [6, 6.07) is 4.39. The number of amides is 1. The Labute approximate surface area is 141 Å². The highest BCUT2D eigenvalue weighted by atomic mass is 35.5. The molecule has 7 heteroatoms. The summed E-state index contributed by atoms with van der Waals surface area (Å²) in [6.07, 6.45) is 2.10. The Morgan fingerprint density at radius 1 is 1.55 bits per heavy atom. The highest BCUT2D eigenvalue weighted by molar-refractivity contribution is 6.31. The molecule has 2 unspecified atom stereocenters. The molecule has 1 aromatic carbocycles. The lowest BCUT2D eigenvalue weighted by Gasteiger charge is -2.37. The Kier molecular flexibility index (Phi) is 7.56. The highest BCUT2D eigenvalue weighted by Crippen LogP contribution is 2.22. The van der Waals surface area contributed by atoms with E-state index in [9.17, 15) is 9.18 Å². The molecule has 4 nitrogen and oxygen atoms in total. The van der Waals surface area contributed by atoms with E-state index in [-0.39, 0.29) is 29.4 Å². The van der Waals surface area contributed by atoms with Gasteiger partial charge in [0, 0.05) is 18.3 Å². The fourth-order valence-electron chi connectivity index (χ4n) is 2.71. The SMILES string of the molecule is CC1CCN(CC(=O)Nc2ccc(F)c(Cl)c2)C(CN)C1.Cl. The molecule has 0 spiro atoms. The largest absolute Gasteiger partial charge is 0.329 e. The normalized spacial score (nSPS) is 22.0. The van der Waals surface area contributed by atoms with Gasteiger partial charge < -0.3 is 11.1 Å². The van der Waals surface area contributed by atoms with Gasteiger partial charge in [0.2, 0.25) is 5.91 Å². The minimum atomic E-state index is -0.497. The van der Waals surface area contributed by atoms with Crippen molar-refractivity contribution in [3.05, 3.63) is 29.0 Å². The molecule has 124 valence electrons. The number of halogens is 3. The van der Waals surface area contributed by atoms with Crippen molar-refractivity contribution >= 4 is 35.6 Å². The fraction of sp³-hybridized carbons (Fsp3) is 0.533. The summed E-state index contributed by atoms with van der Waals surface area (Å²) in [4.78, 5) is 14.2. The van der Waals surface area contributed by atoms with Crippen molar-refractivity contribution in [3.63, 3.8) is 0 Å². The molecule has 1 aliphatic rings. The van der Waals surface area contributed by atoms with E-state index in [1.807, 2.05) is 0 Å². The van der Waals surface area contributed by atoms with E-state index < -0.39 is 5.82 Å². The molecule has 2 atom stereocenters. The van der Waals surface area contributed by atoms with Crippen LogP contribution in [-0.4, -0.2) is 36.5 Å². The van der Waals surface area contributed by atoms with Crippen molar-refractivity contribution in [3.8, 4) is 0 Å². The number of nitrogens with one attached hydrogen (secondary N) is 1. The summed E-state index contributed by atoms with van der Waals surface area (Å²) in [6.45, 7) is 3.94. The number of anilines is 1. The molecule has 0 saturated carbocycles. The second kappa shape index (κ2) is 8.67. The first-order chi connectivity index (χ1) is 9.99. The van der Waals surface area contributed by atoms with Crippen LogP contribution in [-0.2, 0) is 4.79 Å². The fourth-order valence-corrected chi connectivity index (χ4v) is 2.89. The lowest BCUT2D eigenvalue weighted by atomic mass is 9.92. The van der Waals surface area contributed by atoms with E-state index in [1.54, 1.807) is 0 Å². The van der Waals surface area contributed by atoms with Crippen LogP contribution in [0.1, 0.15) is 19.8 Å². The molecule has 1 amide bonds. The maximum absolute atomic E-state index is 13.1. The molecule has 0 aromatic heterocycles. The van der Waals surface area contributed by atoms with E-state index in [0.29, 0.717) is 24.7 Å². The molecule has 1 heterocycles. The maximum atomic E-state index is 13.1. The number of nitrogens with zero attached hydrogens (tertiary/aromatic N) is 1. The van der Waals surface area contributed by atoms with Gasteiger partial charge in [0.25, 0.3) is 0 Å². The monoisotopic (exact) mass is 349 g/mol. The Balaban J connectivity index is 0.00000242. The summed E-state index contributed by atoms with van der Waals surface area (Å²) in [5, 5.41) is 2.74. The first kappa shape index (κ1) is 19.2. The number of nitrogens with two attached hydrogens (primary N) is 1. The number of carbonyl (C=O) groups is 1. The number of benzene rings is 1. The van der Waals surface area contributed by atoms with Gasteiger partial charge >= 0.3 is 0 Å². The van der Waals surface area contributed by atoms with E-state index in [4.69, 9.17) is 17.3 Å². The zero-order valence-corrected chi connectivity index (χ0v) is 14.1. The summed E-state index contributed by atoms with van der Waals surface area (Å²) in [5.41, 5.74) is 6.29. The zero-order chi connectivity index (χ0) is 15.4. The molecule has 3 N–H and O–H groups in total. The van der Waals surface area contributed by atoms with Crippen LogP contribution in [0, 0.1) is 11.7 Å². The van der Waals surface area contributed by atoms with Gasteiger partial charge in [-0.15, -0.1) is 12.4 Å². The number of hydrogen-bond donors (Lipinski definition) is 2. The van der Waals surface area contributed by atoms with Gasteiger partial charge in [0.05, 0.1) is 11.6 Å². The predicted molar refractivity (Wildman–Crippen MR) is 90.1 cm³/mol. The molecule has 0 bridgehead atoms. The molecule has 1 saturated heterocycles. The molecule has 0 radical (unpaired) electrons. The minimum absolute atomic E-state index is 0. The third-order valence-electron chi connectivity index (χ3n) is 3.92. The van der Waals surface area contributed by atoms with Crippen LogP contribution in [0.25, 0.3) is 0 Å². The van der Waals surface area contributed by atoms with Crippen LogP contribution in [0.5, 0.6) is 0 Å². The lowest BCUT2D eigenvalue weighted by molar-refractivity contribution is -0.118. The van der Waals surface area contributed by atoms with Crippen molar-refractivity contribution in [2.24, 2.45) is 11.7 Å². The number of piperidine rings is 1. The topological polar surface area (TPSA) is 58.4 Å². The van der Waals surface area contributed by atoms with E-state index in [0.717, 1.165) is 19.4 Å². The Morgan fingerprint density at radius 2 is 2.27 bits per heavy atom. The number of carbonyl (C=O) groups excluding carboxylic acids is 1. The Bertz CT molecular complexity index is 516. The summed E-state index contributed by atoms with van der Waals surface area (Å²) in [5.74, 6) is 0.0160. The summed E-state index contributed by atoms with van der Waals surface area (Å²) >= 11 is 5.70. The molecule has 0 aliphatic carbocycles. The highest BCUT2D eigenvalue weighted by Gasteiger charge is 2.26. The van der Waals surface area contributed by atoms with Gasteiger partial charge in [-0.05, 0) is 43.5 Å². The van der Waals surface area contributed by atoms with Crippen molar-refractivity contribution < 1.29 is 9.18 Å². The first-order valence-electron chi connectivity index (χ1n) is 7.18. The molecule has 1 fully saturated rings. The smallest absolute Gasteiger partial charge is 0.238 e. The second-order valence-corrected chi connectivity index (χ2v) is 6.07. The van der Waals surface area contributed by atoms with E-state index >= 15 is 0 Å². The van der Waals surface area contributed by atoms with Crippen molar-refractivity contribution in [2.45, 2.75) is 25.8 Å². The van der Waals surface area contributed by atoms with Crippen molar-refractivity contribution in [2.75, 3.05) is 25.0 Å². The van der Waals surface area contributed by atoms with Gasteiger partial charge in [-0.3, -0.25) is 9.69 Å². The van der Waals surface area contributed by atoms with Crippen LogP contribution in [0.3, 0.4) is 0 Å². The second-order valence-electron chi connectivity index (χ2n) is 5.67. The van der Waals surface area contributed by atoms with Gasteiger partial charge in [0.15, 0.2) is 0 Å². The lowest BCUT2D eigenvalue weighted by Crippen LogP contribution is -2.49. The molecular weight excluding hydrogens is 328 g/mol. The molecule has 22 heavy (non-hydrogen) atoms. The van der Waals surface area contributed by atoms with E-state index in [1.165, 1.54) is 18.2 Å². The van der Waals surface area contributed by atoms with Gasteiger partial charge in [-0.2, -0.15) is 0 Å². The number of rotatable bonds is 4. The third-order valence-corrected chi connectivity index (χ3v) is 4.21. The van der Waals surface area contributed by atoms with Gasteiger partial charge in [-0.1, -0.05) is 18.5 Å². The maximum Gasteiger partial charge on any atom is 0.238 e. The van der Waals surface area contributed by atoms with Gasteiger partial charge in [-0.25, -0.2) is 4.39 Å². The quantitative estimate of drug-likeness (QED) is 0.878. The Morgan fingerprint density at radius 3 is 2.91 bits per heavy atom. The van der Waals surface area contributed by atoms with Crippen LogP contribution in [0.15, 0.2) is 18.2 Å². The zero-order valence-electron chi connectivity index (χ0n) is 12.5. The molecule has 2 rings (SSSR count). The van der Waals surface area contributed by atoms with E-state index in [2.05, 4.69) is 17.1 Å². The molecular formula is C15H22Cl2FN3O. The standard InChI is InChI=1S/C15H21ClFN3O.ClH/c1-10-4-5-20(12(6-10)8-18)9-15(21)19-11-2-3-14(17)13(16)7-11;/h2-3,7,10,12H,4-6,8-9,18H2,1H3,(H,19,21);1H. The summed E-state index contributed by atoms with van der Waals surface area (Å²) in [7, 11) is 0. The van der Waals surface area contributed by atoms with Crippen LogP contribution >= 0.6 is 24.0 Å². The number of hydrogen-bond acceptors (Lipinski definition) is 3. The van der Waals surface area contributed by atoms with Gasteiger partial charge in [0.1, 0.15) is 5.82 Å². The number of likely N-dealkylation sites (tertiary alicyclic amines) is 1. The molecule has 1 aromatic rings. The average Bonchev–Trinajstić information content (AvgIpc) is 2.44. The first-order valence-corrected chi connectivity index (χ1v) is 7.56. The van der Waals surface area contributed by atoms with Crippen LogP contribution in [0.4, 0.5) is 10.1 Å².